The van der Waals surface area contributed by atoms with Crippen molar-refractivity contribution in [2.24, 2.45) is 5.92 Å². The first-order chi connectivity index (χ1) is 30.6. The largest absolute Gasteiger partial charge is 0.309 e. The van der Waals surface area contributed by atoms with Gasteiger partial charge in [0.1, 0.15) is 0 Å². The molecule has 0 amide bonds. The van der Waals surface area contributed by atoms with Crippen LogP contribution in [-0.2, 0) is 0 Å². The topological polar surface area (TPSA) is 43.6 Å². The third-order valence-corrected chi connectivity index (χ3v) is 12.0. The second-order valence-corrected chi connectivity index (χ2v) is 16.1. The smallest absolute Gasteiger partial charge is 0.164 e. The van der Waals surface area contributed by atoms with E-state index in [2.05, 4.69) is 218 Å². The van der Waals surface area contributed by atoms with Gasteiger partial charge in [-0.05, 0) is 93.3 Å². The summed E-state index contributed by atoms with van der Waals surface area (Å²) in [4.78, 5) is 15.2. The molecule has 1 aliphatic rings. The fourth-order valence-corrected chi connectivity index (χ4v) is 8.66. The SMILES string of the molecule is CC1C=CC(c2ccc3c(c2)c2ccccc2n3-c2ccc(-c3ccc(-c4nc(-c5ccc(-c6ccccc6)cc5)nc(-c5cccc(-c6ccccc6)c5)n4)cc3)cc2)=CC1. The molecule has 4 nitrogen and oxygen atoms in total. The second-order valence-electron chi connectivity index (χ2n) is 16.1. The van der Waals surface area contributed by atoms with E-state index in [0.29, 0.717) is 23.4 Å². The lowest BCUT2D eigenvalue weighted by Crippen LogP contribution is -2.00. The first-order valence-corrected chi connectivity index (χ1v) is 21.3. The van der Waals surface area contributed by atoms with Gasteiger partial charge in [-0.1, -0.05) is 189 Å². The lowest BCUT2D eigenvalue weighted by molar-refractivity contribution is 0.739. The molecule has 0 aliphatic heterocycles. The summed E-state index contributed by atoms with van der Waals surface area (Å²) in [5, 5.41) is 2.53. The van der Waals surface area contributed by atoms with Gasteiger partial charge in [-0.15, -0.1) is 0 Å². The number of benzene rings is 8. The van der Waals surface area contributed by atoms with Crippen molar-refractivity contribution >= 4 is 27.4 Å². The van der Waals surface area contributed by atoms with Crippen LogP contribution < -0.4 is 0 Å². The van der Waals surface area contributed by atoms with Gasteiger partial charge in [0.15, 0.2) is 17.5 Å². The molecule has 0 bridgehead atoms. The Bertz CT molecular complexity index is 3290. The molecule has 8 aromatic carbocycles. The minimum absolute atomic E-state index is 0.590. The van der Waals surface area contributed by atoms with E-state index < -0.39 is 0 Å². The van der Waals surface area contributed by atoms with Gasteiger partial charge in [0.2, 0.25) is 0 Å². The Hall–Kier alpha value is -7.95. The molecule has 2 heterocycles. The number of allylic oxidation sites excluding steroid dienone is 4. The molecular weight excluding hydrogens is 753 g/mol. The molecule has 1 aliphatic carbocycles. The van der Waals surface area contributed by atoms with Crippen molar-refractivity contribution in [3.63, 3.8) is 0 Å². The van der Waals surface area contributed by atoms with Gasteiger partial charge in [-0.3, -0.25) is 0 Å². The molecule has 0 fully saturated rings. The van der Waals surface area contributed by atoms with Crippen LogP contribution in [0.1, 0.15) is 18.9 Å². The number of rotatable bonds is 8. The van der Waals surface area contributed by atoms with Crippen LogP contribution in [0.5, 0.6) is 0 Å². The zero-order valence-corrected chi connectivity index (χ0v) is 34.4. The molecule has 0 saturated heterocycles. The van der Waals surface area contributed by atoms with Gasteiger partial charge in [-0.25, -0.2) is 15.0 Å². The zero-order chi connectivity index (χ0) is 41.4. The van der Waals surface area contributed by atoms with Crippen LogP contribution in [0.25, 0.3) is 101 Å². The summed E-state index contributed by atoms with van der Waals surface area (Å²) in [6.45, 7) is 2.27. The van der Waals surface area contributed by atoms with Crippen LogP contribution >= 0.6 is 0 Å². The summed E-state index contributed by atoms with van der Waals surface area (Å²) in [6, 6.07) is 70.8. The van der Waals surface area contributed by atoms with Crippen LogP contribution in [-0.4, -0.2) is 19.5 Å². The van der Waals surface area contributed by atoms with Crippen molar-refractivity contribution in [1.29, 1.82) is 0 Å². The summed E-state index contributed by atoms with van der Waals surface area (Å²) in [7, 11) is 0. The quantitative estimate of drug-likeness (QED) is 0.154. The third-order valence-electron chi connectivity index (χ3n) is 12.0. The Morgan fingerprint density at radius 2 is 0.855 bits per heavy atom. The van der Waals surface area contributed by atoms with E-state index in [-0.39, 0.29) is 0 Å². The molecular formula is C58H42N4. The highest BCUT2D eigenvalue weighted by molar-refractivity contribution is 6.10. The second kappa shape index (κ2) is 15.9. The molecule has 1 atom stereocenters. The number of hydrogen-bond donors (Lipinski definition) is 0. The Kier molecular flexibility index (Phi) is 9.51. The molecule has 4 heteroatoms. The average Bonchev–Trinajstić information content (AvgIpc) is 3.68. The van der Waals surface area contributed by atoms with Crippen molar-refractivity contribution in [3.05, 3.63) is 224 Å². The van der Waals surface area contributed by atoms with Crippen LogP contribution in [0.3, 0.4) is 0 Å². The lowest BCUT2D eigenvalue weighted by atomic mass is 9.93. The standard InChI is InChI=1S/C58H42N4/c1-39-19-21-45(22-20-39)49-33-36-55-53(38-49)52-17-8-9-18-54(52)62(55)51-34-31-44(32-35-51)43-25-29-47(30-26-43)57-59-56(46-27-23-42(24-28-46)40-11-4-2-5-12-40)60-58(61-57)50-16-10-15-48(37-50)41-13-6-3-7-14-41/h2-19,21-39H,20H2,1H3. The van der Waals surface area contributed by atoms with Crippen LogP contribution in [0.4, 0.5) is 0 Å². The van der Waals surface area contributed by atoms with Gasteiger partial charge in [0, 0.05) is 33.2 Å². The van der Waals surface area contributed by atoms with E-state index in [0.717, 1.165) is 56.6 Å². The fourth-order valence-electron chi connectivity index (χ4n) is 8.66. The van der Waals surface area contributed by atoms with Gasteiger partial charge < -0.3 is 4.57 Å². The van der Waals surface area contributed by atoms with Crippen LogP contribution in [0.15, 0.2) is 218 Å². The van der Waals surface area contributed by atoms with E-state index in [9.17, 15) is 0 Å². The minimum atomic E-state index is 0.590. The van der Waals surface area contributed by atoms with E-state index in [4.69, 9.17) is 15.0 Å². The Morgan fingerprint density at radius 1 is 0.387 bits per heavy atom. The average molecular weight is 795 g/mol. The van der Waals surface area contributed by atoms with Crippen molar-refractivity contribution in [2.75, 3.05) is 0 Å². The maximum Gasteiger partial charge on any atom is 0.164 e. The highest BCUT2D eigenvalue weighted by atomic mass is 15.0. The van der Waals surface area contributed by atoms with E-state index in [1.54, 1.807) is 0 Å². The minimum Gasteiger partial charge on any atom is -0.309 e. The first kappa shape index (κ1) is 37.1. The van der Waals surface area contributed by atoms with Crippen molar-refractivity contribution in [3.8, 4) is 73.2 Å². The maximum absolute atomic E-state index is 5.09. The van der Waals surface area contributed by atoms with Crippen LogP contribution in [0.2, 0.25) is 0 Å². The number of aromatic nitrogens is 4. The maximum atomic E-state index is 5.09. The number of hydrogen-bond acceptors (Lipinski definition) is 3. The normalized spacial score (nSPS) is 13.7. The fraction of sp³-hybridized carbons (Fsp3) is 0.0517. The van der Waals surface area contributed by atoms with Crippen molar-refractivity contribution in [1.82, 2.24) is 19.5 Å². The number of fused-ring (bicyclic) bond motifs is 3. The molecule has 11 rings (SSSR count). The number of nitrogens with zero attached hydrogens (tertiary/aromatic N) is 4. The third kappa shape index (κ3) is 7.12. The van der Waals surface area contributed by atoms with Crippen molar-refractivity contribution in [2.45, 2.75) is 13.3 Å². The molecule has 0 N–H and O–H groups in total. The van der Waals surface area contributed by atoms with Gasteiger partial charge in [0.25, 0.3) is 0 Å². The molecule has 0 radical (unpaired) electrons. The summed E-state index contributed by atoms with van der Waals surface area (Å²) in [6.07, 6.45) is 8.04. The predicted molar refractivity (Wildman–Crippen MR) is 258 cm³/mol. The van der Waals surface area contributed by atoms with Gasteiger partial charge in [-0.2, -0.15) is 0 Å². The molecule has 1 unspecified atom stereocenters. The van der Waals surface area contributed by atoms with E-state index in [1.807, 2.05) is 12.1 Å². The summed E-state index contributed by atoms with van der Waals surface area (Å²) in [5.74, 6) is 2.48. The molecule has 62 heavy (non-hydrogen) atoms. The first-order valence-electron chi connectivity index (χ1n) is 21.3. The molecule has 2 aromatic heterocycles. The molecule has 10 aromatic rings. The van der Waals surface area contributed by atoms with E-state index in [1.165, 1.54) is 38.5 Å². The Morgan fingerprint density at radius 3 is 1.47 bits per heavy atom. The lowest BCUT2D eigenvalue weighted by Gasteiger charge is -2.13. The van der Waals surface area contributed by atoms with Crippen LogP contribution in [0, 0.1) is 5.92 Å². The predicted octanol–water partition coefficient (Wildman–Crippen LogP) is 15.0. The number of para-hydroxylation sites is 1. The zero-order valence-electron chi connectivity index (χ0n) is 34.4. The van der Waals surface area contributed by atoms with Crippen molar-refractivity contribution < 1.29 is 0 Å². The molecule has 0 spiro atoms. The highest BCUT2D eigenvalue weighted by Gasteiger charge is 2.16. The Labute approximate surface area is 361 Å². The highest BCUT2D eigenvalue weighted by Crippen LogP contribution is 2.36. The van der Waals surface area contributed by atoms with Gasteiger partial charge in [0.05, 0.1) is 11.0 Å². The molecule has 0 saturated carbocycles. The summed E-state index contributed by atoms with van der Waals surface area (Å²) >= 11 is 0. The Balaban J connectivity index is 0.926. The van der Waals surface area contributed by atoms with Gasteiger partial charge >= 0.3 is 0 Å². The monoisotopic (exact) mass is 794 g/mol. The summed E-state index contributed by atoms with van der Waals surface area (Å²) < 4.78 is 2.38. The molecule has 294 valence electrons. The summed E-state index contributed by atoms with van der Waals surface area (Å²) in [5.41, 5.74) is 15.7. The van der Waals surface area contributed by atoms with E-state index >= 15 is 0 Å².